The Hall–Kier alpha value is -2.99. The van der Waals surface area contributed by atoms with Crippen LogP contribution in [0, 0.1) is 23.5 Å². The van der Waals surface area contributed by atoms with E-state index in [-0.39, 0.29) is 17.7 Å². The average Bonchev–Trinajstić information content (AvgIpc) is 2.93. The molecule has 1 radical (unpaired) electrons. The summed E-state index contributed by atoms with van der Waals surface area (Å²) in [5.74, 6) is -3.67. The maximum Gasteiger partial charge on any atom is 0.249 e. The molecular formula is C20H11ClF3N2O. The van der Waals surface area contributed by atoms with Gasteiger partial charge in [-0.15, -0.1) is 0 Å². The standard InChI is InChI=1S/C20H11ClF3N2O/c21-14-5-1-3-11-18-12(20(25)27)4-2-6-17(18)26(19(11)14)9-13-15(23)7-10(22)8-16(13)24/h1-2,4-8H,9H2,(H2,25,27). The van der Waals surface area contributed by atoms with Crippen molar-refractivity contribution < 1.29 is 18.0 Å². The van der Waals surface area contributed by atoms with Crippen molar-refractivity contribution in [3.05, 3.63) is 82.1 Å². The first-order valence-electron chi connectivity index (χ1n) is 7.93. The van der Waals surface area contributed by atoms with E-state index in [9.17, 15) is 18.0 Å². The molecule has 1 aromatic heterocycles. The van der Waals surface area contributed by atoms with Crippen molar-refractivity contribution in [2.45, 2.75) is 6.54 Å². The Morgan fingerprint density at radius 2 is 1.85 bits per heavy atom. The van der Waals surface area contributed by atoms with Gasteiger partial charge in [0.05, 0.1) is 22.6 Å². The molecule has 0 saturated carbocycles. The minimum atomic E-state index is -1.01. The fourth-order valence-corrected chi connectivity index (χ4v) is 3.58. The lowest BCUT2D eigenvalue weighted by Gasteiger charge is -2.11. The molecule has 27 heavy (non-hydrogen) atoms. The molecule has 0 saturated heterocycles. The Kier molecular flexibility index (Phi) is 4.08. The smallest absolute Gasteiger partial charge is 0.249 e. The van der Waals surface area contributed by atoms with Crippen LogP contribution in [0.5, 0.6) is 0 Å². The minimum absolute atomic E-state index is 0.245. The molecule has 1 amide bonds. The van der Waals surface area contributed by atoms with Crippen LogP contribution in [0.15, 0.2) is 42.5 Å². The predicted molar refractivity (Wildman–Crippen MR) is 97.2 cm³/mol. The molecular weight excluding hydrogens is 377 g/mol. The highest BCUT2D eigenvalue weighted by Gasteiger charge is 2.20. The van der Waals surface area contributed by atoms with Gasteiger partial charge in [0.25, 0.3) is 0 Å². The third kappa shape index (κ3) is 2.73. The molecule has 0 unspecified atom stereocenters. The number of aromatic nitrogens is 1. The summed E-state index contributed by atoms with van der Waals surface area (Å²) in [5, 5.41) is 1.32. The summed E-state index contributed by atoms with van der Waals surface area (Å²) >= 11 is 6.33. The number of nitrogens with two attached hydrogens (primary N) is 1. The van der Waals surface area contributed by atoms with E-state index in [1.54, 1.807) is 34.9 Å². The second-order valence-corrected chi connectivity index (χ2v) is 6.45. The topological polar surface area (TPSA) is 48.0 Å². The third-order valence-corrected chi connectivity index (χ3v) is 4.77. The molecule has 4 aromatic rings. The SMILES string of the molecule is NC(=O)c1cccc2c1c1[c]ccc(Cl)c1n2Cc1c(F)cc(F)cc1F. The van der Waals surface area contributed by atoms with Gasteiger partial charge in [-0.2, -0.15) is 0 Å². The van der Waals surface area contributed by atoms with E-state index in [2.05, 4.69) is 6.07 Å². The van der Waals surface area contributed by atoms with E-state index >= 15 is 0 Å². The van der Waals surface area contributed by atoms with Gasteiger partial charge in [0.1, 0.15) is 17.5 Å². The normalized spacial score (nSPS) is 11.4. The molecule has 0 atom stereocenters. The number of benzene rings is 3. The highest BCUT2D eigenvalue weighted by atomic mass is 35.5. The van der Waals surface area contributed by atoms with E-state index in [0.29, 0.717) is 39.0 Å². The van der Waals surface area contributed by atoms with E-state index in [1.807, 2.05) is 0 Å². The van der Waals surface area contributed by atoms with E-state index < -0.39 is 23.4 Å². The van der Waals surface area contributed by atoms with Crippen LogP contribution in [-0.2, 0) is 6.54 Å². The molecule has 0 aliphatic carbocycles. The number of hydrogen-bond acceptors (Lipinski definition) is 1. The molecule has 0 aliphatic rings. The monoisotopic (exact) mass is 387 g/mol. The van der Waals surface area contributed by atoms with Crippen LogP contribution < -0.4 is 5.73 Å². The van der Waals surface area contributed by atoms with Crippen LogP contribution >= 0.6 is 11.6 Å². The first kappa shape index (κ1) is 17.4. The minimum Gasteiger partial charge on any atom is -0.366 e. The summed E-state index contributed by atoms with van der Waals surface area (Å²) in [7, 11) is 0. The fourth-order valence-electron chi connectivity index (χ4n) is 3.32. The summed E-state index contributed by atoms with van der Waals surface area (Å²) in [5.41, 5.74) is 6.36. The summed E-state index contributed by atoms with van der Waals surface area (Å²) in [6, 6.07) is 12.3. The van der Waals surface area contributed by atoms with Crippen molar-refractivity contribution in [2.75, 3.05) is 0 Å². The Morgan fingerprint density at radius 1 is 1.15 bits per heavy atom. The number of fused-ring (bicyclic) bond motifs is 3. The Morgan fingerprint density at radius 3 is 2.52 bits per heavy atom. The lowest BCUT2D eigenvalue weighted by atomic mass is 10.1. The van der Waals surface area contributed by atoms with E-state index in [1.165, 1.54) is 0 Å². The molecule has 0 aliphatic heterocycles. The van der Waals surface area contributed by atoms with Crippen LogP contribution in [-0.4, -0.2) is 10.5 Å². The quantitative estimate of drug-likeness (QED) is 0.538. The van der Waals surface area contributed by atoms with Crippen LogP contribution in [0.1, 0.15) is 15.9 Å². The molecule has 0 fully saturated rings. The largest absolute Gasteiger partial charge is 0.366 e. The maximum absolute atomic E-state index is 14.2. The summed E-state index contributed by atoms with van der Waals surface area (Å²) < 4.78 is 43.2. The lowest BCUT2D eigenvalue weighted by Crippen LogP contribution is -2.11. The molecule has 3 aromatic carbocycles. The van der Waals surface area contributed by atoms with Gasteiger partial charge in [0.15, 0.2) is 0 Å². The molecule has 1 heterocycles. The number of hydrogen-bond donors (Lipinski definition) is 1. The summed E-state index contributed by atoms with van der Waals surface area (Å²) in [6.07, 6.45) is 0. The van der Waals surface area contributed by atoms with Gasteiger partial charge in [-0.25, -0.2) is 13.2 Å². The highest BCUT2D eigenvalue weighted by Crippen LogP contribution is 2.36. The molecule has 135 valence electrons. The zero-order valence-electron chi connectivity index (χ0n) is 13.7. The van der Waals surface area contributed by atoms with Crippen molar-refractivity contribution in [1.29, 1.82) is 0 Å². The molecule has 0 spiro atoms. The second-order valence-electron chi connectivity index (χ2n) is 6.05. The summed E-state index contributed by atoms with van der Waals surface area (Å²) in [4.78, 5) is 11.9. The number of primary amides is 1. The van der Waals surface area contributed by atoms with E-state index in [0.717, 1.165) is 0 Å². The molecule has 0 bridgehead atoms. The number of rotatable bonds is 3. The van der Waals surface area contributed by atoms with Gasteiger partial charge in [-0.3, -0.25) is 4.79 Å². The molecule has 4 rings (SSSR count). The second kappa shape index (κ2) is 6.32. The fraction of sp³-hybridized carbons (Fsp3) is 0.0500. The van der Waals surface area contributed by atoms with Gasteiger partial charge in [0.2, 0.25) is 5.91 Å². The zero-order chi connectivity index (χ0) is 19.3. The number of carbonyl (C=O) groups excluding carboxylic acids is 1. The van der Waals surface area contributed by atoms with Crippen LogP contribution in [0.4, 0.5) is 13.2 Å². The van der Waals surface area contributed by atoms with Gasteiger partial charge >= 0.3 is 0 Å². The maximum atomic E-state index is 14.2. The summed E-state index contributed by atoms with van der Waals surface area (Å²) in [6.45, 7) is -0.252. The number of nitrogens with zero attached hydrogens (tertiary/aromatic N) is 1. The van der Waals surface area contributed by atoms with Gasteiger partial charge < -0.3 is 10.3 Å². The van der Waals surface area contributed by atoms with E-state index in [4.69, 9.17) is 17.3 Å². The first-order chi connectivity index (χ1) is 12.9. The van der Waals surface area contributed by atoms with Gasteiger partial charge in [-0.05, 0) is 24.3 Å². The molecule has 7 heteroatoms. The Labute approximate surface area is 156 Å². The van der Waals surface area contributed by atoms with Crippen molar-refractivity contribution >= 4 is 39.3 Å². The average molecular weight is 388 g/mol. The number of amides is 1. The number of carbonyl (C=O) groups is 1. The Bertz CT molecular complexity index is 1210. The van der Waals surface area contributed by atoms with Crippen molar-refractivity contribution in [3.63, 3.8) is 0 Å². The van der Waals surface area contributed by atoms with Crippen molar-refractivity contribution in [2.24, 2.45) is 5.73 Å². The lowest BCUT2D eigenvalue weighted by molar-refractivity contribution is 0.100. The Balaban J connectivity index is 2.09. The van der Waals surface area contributed by atoms with Crippen molar-refractivity contribution in [3.8, 4) is 0 Å². The molecule has 2 N–H and O–H groups in total. The van der Waals surface area contributed by atoms with Crippen LogP contribution in [0.3, 0.4) is 0 Å². The first-order valence-corrected chi connectivity index (χ1v) is 8.30. The number of halogens is 4. The highest BCUT2D eigenvalue weighted by molar-refractivity contribution is 6.36. The van der Waals surface area contributed by atoms with Crippen LogP contribution in [0.25, 0.3) is 21.8 Å². The van der Waals surface area contributed by atoms with Crippen LogP contribution in [0.2, 0.25) is 5.02 Å². The van der Waals surface area contributed by atoms with Crippen molar-refractivity contribution in [1.82, 2.24) is 4.57 Å². The van der Waals surface area contributed by atoms with Gasteiger partial charge in [-0.1, -0.05) is 23.7 Å². The van der Waals surface area contributed by atoms with Gasteiger partial charge in [0, 0.05) is 34.0 Å². The predicted octanol–water partition coefficient (Wildman–Crippen LogP) is 4.81. The third-order valence-electron chi connectivity index (χ3n) is 4.46. The molecule has 3 nitrogen and oxygen atoms in total. The zero-order valence-corrected chi connectivity index (χ0v) is 14.4.